The van der Waals surface area contributed by atoms with Gasteiger partial charge in [-0.05, 0) is 56.5 Å². The van der Waals surface area contributed by atoms with Gasteiger partial charge in [-0.25, -0.2) is 0 Å². The molecule has 9 nitrogen and oxygen atoms in total. The maximum absolute atomic E-state index is 12.5. The molecule has 0 aromatic heterocycles. The molecular formula is C19H25N3O6. The Kier molecular flexibility index (Phi) is 6.45. The first-order chi connectivity index (χ1) is 13.5. The standard InChI is InChI=1S/C19H25N3O6/c1-14-5-8-20(9-6-14)10-12-27-15-3-4-16-17(13-15)19(24)21(18(16)23)7-2-11-28-22(25)26/h3-4,13-14H,2,5-12H2,1H3. The lowest BCUT2D eigenvalue weighted by Crippen LogP contribution is -2.35. The predicted octanol–water partition coefficient (Wildman–Crippen LogP) is 1.99. The molecule has 0 bridgehead atoms. The van der Waals surface area contributed by atoms with E-state index in [0.29, 0.717) is 23.5 Å². The number of amides is 2. The van der Waals surface area contributed by atoms with Crippen LogP contribution in [0.4, 0.5) is 0 Å². The number of benzene rings is 1. The Morgan fingerprint density at radius 2 is 1.82 bits per heavy atom. The van der Waals surface area contributed by atoms with Crippen LogP contribution in [-0.2, 0) is 4.84 Å². The van der Waals surface area contributed by atoms with Crippen LogP contribution in [0, 0.1) is 16.0 Å². The van der Waals surface area contributed by atoms with Gasteiger partial charge >= 0.3 is 0 Å². The van der Waals surface area contributed by atoms with Crippen LogP contribution in [0.25, 0.3) is 0 Å². The molecule has 1 saturated heterocycles. The highest BCUT2D eigenvalue weighted by molar-refractivity contribution is 6.21. The van der Waals surface area contributed by atoms with E-state index in [1.54, 1.807) is 18.2 Å². The molecular weight excluding hydrogens is 366 g/mol. The monoisotopic (exact) mass is 391 g/mol. The number of hydrogen-bond acceptors (Lipinski definition) is 7. The Morgan fingerprint density at radius 3 is 2.54 bits per heavy atom. The largest absolute Gasteiger partial charge is 0.492 e. The van der Waals surface area contributed by atoms with Gasteiger partial charge in [-0.2, -0.15) is 0 Å². The van der Waals surface area contributed by atoms with E-state index in [-0.39, 0.29) is 19.6 Å². The third-order valence-electron chi connectivity index (χ3n) is 5.22. The Labute approximate surface area is 163 Å². The van der Waals surface area contributed by atoms with Gasteiger partial charge in [0.25, 0.3) is 16.9 Å². The van der Waals surface area contributed by atoms with Crippen LogP contribution in [0.15, 0.2) is 18.2 Å². The smallest absolute Gasteiger partial charge is 0.294 e. The molecule has 3 rings (SSSR count). The van der Waals surface area contributed by atoms with Gasteiger partial charge in [0, 0.05) is 13.1 Å². The van der Waals surface area contributed by atoms with Crippen molar-refractivity contribution < 1.29 is 24.3 Å². The van der Waals surface area contributed by atoms with Crippen LogP contribution in [0.3, 0.4) is 0 Å². The lowest BCUT2D eigenvalue weighted by atomic mass is 9.99. The van der Waals surface area contributed by atoms with Crippen molar-refractivity contribution in [2.45, 2.75) is 26.2 Å². The Bertz CT molecular complexity index is 745. The van der Waals surface area contributed by atoms with Gasteiger partial charge in [0.15, 0.2) is 0 Å². The molecule has 0 aliphatic carbocycles. The van der Waals surface area contributed by atoms with Crippen molar-refractivity contribution >= 4 is 11.8 Å². The highest BCUT2D eigenvalue weighted by Gasteiger charge is 2.35. The number of carbonyl (C=O) groups is 2. The lowest BCUT2D eigenvalue weighted by molar-refractivity contribution is -0.757. The summed E-state index contributed by atoms with van der Waals surface area (Å²) in [7, 11) is 0. The fourth-order valence-corrected chi connectivity index (χ4v) is 3.50. The summed E-state index contributed by atoms with van der Waals surface area (Å²) >= 11 is 0. The fourth-order valence-electron chi connectivity index (χ4n) is 3.50. The summed E-state index contributed by atoms with van der Waals surface area (Å²) in [5.41, 5.74) is 0.641. The highest BCUT2D eigenvalue weighted by Crippen LogP contribution is 2.27. The average molecular weight is 391 g/mol. The first-order valence-corrected chi connectivity index (χ1v) is 9.58. The van der Waals surface area contributed by atoms with Crippen LogP contribution in [-0.4, -0.2) is 66.1 Å². The second-order valence-corrected chi connectivity index (χ2v) is 7.25. The van der Waals surface area contributed by atoms with Crippen LogP contribution in [0.5, 0.6) is 5.75 Å². The van der Waals surface area contributed by atoms with Crippen molar-refractivity contribution in [1.29, 1.82) is 0 Å². The summed E-state index contributed by atoms with van der Waals surface area (Å²) < 4.78 is 5.79. The number of carbonyl (C=O) groups excluding carboxylic acids is 2. The number of likely N-dealkylation sites (tertiary alicyclic amines) is 1. The number of imide groups is 1. The normalized spacial score (nSPS) is 17.7. The molecule has 2 aliphatic heterocycles. The second-order valence-electron chi connectivity index (χ2n) is 7.25. The van der Waals surface area contributed by atoms with E-state index in [1.807, 2.05) is 0 Å². The summed E-state index contributed by atoms with van der Waals surface area (Å²) in [4.78, 5) is 42.7. The quantitative estimate of drug-likeness (QED) is 0.274. The third kappa shape index (κ3) is 4.78. The summed E-state index contributed by atoms with van der Waals surface area (Å²) in [6.45, 7) is 5.70. The van der Waals surface area contributed by atoms with Gasteiger partial charge in [-0.15, -0.1) is 10.1 Å². The second kappa shape index (κ2) is 9.01. The number of ether oxygens (including phenoxy) is 1. The minimum Gasteiger partial charge on any atom is -0.492 e. The first kappa shape index (κ1) is 20.1. The molecule has 2 amide bonds. The molecule has 1 aromatic carbocycles. The molecule has 0 atom stereocenters. The minimum atomic E-state index is -0.892. The zero-order valence-corrected chi connectivity index (χ0v) is 16.0. The van der Waals surface area contributed by atoms with Crippen molar-refractivity contribution in [2.24, 2.45) is 5.92 Å². The van der Waals surface area contributed by atoms with Crippen LogP contribution < -0.4 is 4.74 Å². The predicted molar refractivity (Wildman–Crippen MR) is 99.7 cm³/mol. The van der Waals surface area contributed by atoms with Crippen molar-refractivity contribution in [3.8, 4) is 5.75 Å². The summed E-state index contributed by atoms with van der Waals surface area (Å²) in [5, 5.41) is 9.27. The summed E-state index contributed by atoms with van der Waals surface area (Å²) in [5.74, 6) is 0.543. The molecule has 0 saturated carbocycles. The summed E-state index contributed by atoms with van der Waals surface area (Å²) in [6, 6.07) is 4.89. The van der Waals surface area contributed by atoms with E-state index >= 15 is 0 Å². The van der Waals surface area contributed by atoms with Crippen molar-refractivity contribution in [3.63, 3.8) is 0 Å². The zero-order chi connectivity index (χ0) is 20.1. The maximum atomic E-state index is 12.5. The van der Waals surface area contributed by atoms with Crippen molar-refractivity contribution in [1.82, 2.24) is 9.80 Å². The van der Waals surface area contributed by atoms with Gasteiger partial charge in [0.05, 0.1) is 17.7 Å². The lowest BCUT2D eigenvalue weighted by Gasteiger charge is -2.29. The van der Waals surface area contributed by atoms with Crippen LogP contribution >= 0.6 is 0 Å². The van der Waals surface area contributed by atoms with E-state index in [0.717, 1.165) is 30.5 Å². The Hall–Kier alpha value is -2.68. The van der Waals surface area contributed by atoms with Crippen LogP contribution in [0.2, 0.25) is 0 Å². The molecule has 0 N–H and O–H groups in total. The molecule has 28 heavy (non-hydrogen) atoms. The van der Waals surface area contributed by atoms with Crippen LogP contribution in [0.1, 0.15) is 46.9 Å². The molecule has 9 heteroatoms. The Morgan fingerprint density at radius 1 is 1.11 bits per heavy atom. The minimum absolute atomic E-state index is 0.0732. The highest BCUT2D eigenvalue weighted by atomic mass is 16.9. The molecule has 2 heterocycles. The van der Waals surface area contributed by atoms with E-state index in [4.69, 9.17) is 4.74 Å². The molecule has 0 unspecified atom stereocenters. The van der Waals surface area contributed by atoms with Gasteiger partial charge < -0.3 is 9.57 Å². The van der Waals surface area contributed by atoms with E-state index in [1.165, 1.54) is 12.8 Å². The number of fused-ring (bicyclic) bond motifs is 1. The topological polar surface area (TPSA) is 102 Å². The van der Waals surface area contributed by atoms with Gasteiger partial charge in [0.2, 0.25) is 0 Å². The molecule has 1 fully saturated rings. The average Bonchev–Trinajstić information content (AvgIpc) is 2.91. The maximum Gasteiger partial charge on any atom is 0.294 e. The van der Waals surface area contributed by atoms with Gasteiger partial charge in [-0.3, -0.25) is 19.4 Å². The van der Waals surface area contributed by atoms with Gasteiger partial charge in [-0.1, -0.05) is 6.92 Å². The van der Waals surface area contributed by atoms with E-state index < -0.39 is 16.9 Å². The molecule has 2 aliphatic rings. The van der Waals surface area contributed by atoms with Gasteiger partial charge in [0.1, 0.15) is 12.4 Å². The number of nitrogens with zero attached hydrogens (tertiary/aromatic N) is 3. The number of rotatable bonds is 9. The molecule has 0 spiro atoms. The zero-order valence-electron chi connectivity index (χ0n) is 16.0. The summed E-state index contributed by atoms with van der Waals surface area (Å²) in [6.07, 6.45) is 2.61. The van der Waals surface area contributed by atoms with Crippen molar-refractivity contribution in [2.75, 3.05) is 39.4 Å². The fraction of sp³-hybridized carbons (Fsp3) is 0.579. The number of piperidine rings is 1. The molecule has 152 valence electrons. The van der Waals surface area contributed by atoms with E-state index in [9.17, 15) is 19.7 Å². The first-order valence-electron chi connectivity index (χ1n) is 9.58. The molecule has 0 radical (unpaired) electrons. The van der Waals surface area contributed by atoms with Crippen molar-refractivity contribution in [3.05, 3.63) is 39.4 Å². The Balaban J connectivity index is 1.51. The number of hydrogen-bond donors (Lipinski definition) is 0. The van der Waals surface area contributed by atoms with E-state index in [2.05, 4.69) is 16.7 Å². The molecule has 1 aromatic rings. The SMILES string of the molecule is CC1CCN(CCOc2ccc3c(c2)C(=O)N(CCCO[N+](=O)[O-])C3=O)CC1. The third-order valence-corrected chi connectivity index (χ3v) is 5.22.